The maximum atomic E-state index is 6.01. The predicted octanol–water partition coefficient (Wildman–Crippen LogP) is 5.00. The zero-order chi connectivity index (χ0) is 13.7. The van der Waals surface area contributed by atoms with Crippen LogP contribution in [0, 0.1) is 3.57 Å². The first-order chi connectivity index (χ1) is 9.24. The first-order valence-corrected chi connectivity index (χ1v) is 7.91. The second-order valence-electron chi connectivity index (χ2n) is 4.63. The molecular weight excluding hydrogens is 349 g/mol. The fourth-order valence-corrected chi connectivity index (χ4v) is 2.64. The Balaban J connectivity index is 2.18. The van der Waals surface area contributed by atoms with E-state index in [1.807, 2.05) is 0 Å². The van der Waals surface area contributed by atoms with E-state index in [9.17, 15) is 0 Å². The molecule has 1 heterocycles. The summed E-state index contributed by atoms with van der Waals surface area (Å²) < 4.78 is 7.24. The monoisotopic (exact) mass is 369 g/mol. The molecule has 0 aliphatic heterocycles. The molecule has 0 aliphatic rings. The molecule has 1 aromatic carbocycles. The van der Waals surface area contributed by atoms with Crippen LogP contribution in [-0.2, 0) is 0 Å². The number of hydrogen-bond acceptors (Lipinski definition) is 2. The van der Waals surface area contributed by atoms with Crippen molar-refractivity contribution in [2.45, 2.75) is 32.7 Å². The van der Waals surface area contributed by atoms with Crippen molar-refractivity contribution in [1.82, 2.24) is 5.32 Å². The highest BCUT2D eigenvalue weighted by Gasteiger charge is 2.13. The van der Waals surface area contributed by atoms with Crippen LogP contribution in [0.25, 0.3) is 11.3 Å². The highest BCUT2D eigenvalue weighted by atomic mass is 127. The molecule has 0 amide bonds. The molecule has 0 saturated carbocycles. The van der Waals surface area contributed by atoms with Gasteiger partial charge in [0.05, 0.1) is 6.04 Å². The second kappa shape index (κ2) is 7.10. The van der Waals surface area contributed by atoms with Gasteiger partial charge in [-0.2, -0.15) is 0 Å². The predicted molar refractivity (Wildman–Crippen MR) is 88.2 cm³/mol. The zero-order valence-corrected chi connectivity index (χ0v) is 13.6. The third kappa shape index (κ3) is 3.83. The molecule has 0 saturated heterocycles. The molecular formula is C16H20INO. The van der Waals surface area contributed by atoms with Gasteiger partial charge >= 0.3 is 0 Å². The second-order valence-corrected chi connectivity index (χ2v) is 5.87. The van der Waals surface area contributed by atoms with Crippen LogP contribution < -0.4 is 5.32 Å². The molecule has 1 aromatic heterocycles. The van der Waals surface area contributed by atoms with E-state index in [0.29, 0.717) is 6.04 Å². The highest BCUT2D eigenvalue weighted by molar-refractivity contribution is 14.1. The average molecular weight is 369 g/mol. The zero-order valence-electron chi connectivity index (χ0n) is 11.4. The average Bonchev–Trinajstić information content (AvgIpc) is 2.89. The van der Waals surface area contributed by atoms with Crippen molar-refractivity contribution in [3.8, 4) is 11.3 Å². The summed E-state index contributed by atoms with van der Waals surface area (Å²) in [6.45, 7) is 5.39. The van der Waals surface area contributed by atoms with Crippen LogP contribution in [0.2, 0.25) is 0 Å². The number of hydrogen-bond donors (Lipinski definition) is 1. The molecule has 1 N–H and O–H groups in total. The van der Waals surface area contributed by atoms with Gasteiger partial charge in [0.15, 0.2) is 0 Å². The summed E-state index contributed by atoms with van der Waals surface area (Å²) in [5.74, 6) is 1.98. The minimum atomic E-state index is 0.316. The molecule has 0 radical (unpaired) electrons. The van der Waals surface area contributed by atoms with Gasteiger partial charge in [-0.05, 0) is 66.2 Å². The van der Waals surface area contributed by atoms with Crippen molar-refractivity contribution in [2.75, 3.05) is 6.54 Å². The lowest BCUT2D eigenvalue weighted by Crippen LogP contribution is -2.20. The quantitative estimate of drug-likeness (QED) is 0.725. The Hall–Kier alpha value is -0.810. The molecule has 2 nitrogen and oxygen atoms in total. The molecule has 1 atom stereocenters. The lowest BCUT2D eigenvalue weighted by Gasteiger charge is -2.13. The Morgan fingerprint density at radius 2 is 2.05 bits per heavy atom. The van der Waals surface area contributed by atoms with Gasteiger partial charge in [0.2, 0.25) is 0 Å². The van der Waals surface area contributed by atoms with Crippen molar-refractivity contribution < 1.29 is 4.42 Å². The third-order valence-electron chi connectivity index (χ3n) is 3.13. The fourth-order valence-electron chi connectivity index (χ4n) is 2.10. The molecule has 1 unspecified atom stereocenters. The molecule has 2 aromatic rings. The summed E-state index contributed by atoms with van der Waals surface area (Å²) in [7, 11) is 0. The van der Waals surface area contributed by atoms with Gasteiger partial charge in [-0.3, -0.25) is 0 Å². The Labute approximate surface area is 128 Å². The van der Waals surface area contributed by atoms with Gasteiger partial charge in [0.1, 0.15) is 11.5 Å². The van der Waals surface area contributed by atoms with Crippen molar-refractivity contribution in [3.05, 3.63) is 45.7 Å². The summed E-state index contributed by atoms with van der Waals surface area (Å²) in [6, 6.07) is 12.9. The number of nitrogens with one attached hydrogen (secondary N) is 1. The first kappa shape index (κ1) is 14.6. The van der Waals surface area contributed by atoms with Gasteiger partial charge in [0.25, 0.3) is 0 Å². The SMILES string of the molecule is CCCNC(CC)c1ccc(-c2cccc(I)c2)o1. The van der Waals surface area contributed by atoms with Crippen LogP contribution in [0.4, 0.5) is 0 Å². The number of benzene rings is 1. The fraction of sp³-hybridized carbons (Fsp3) is 0.375. The molecule has 0 aliphatic carbocycles. The summed E-state index contributed by atoms with van der Waals surface area (Å²) in [6.07, 6.45) is 2.18. The van der Waals surface area contributed by atoms with E-state index < -0.39 is 0 Å². The van der Waals surface area contributed by atoms with E-state index >= 15 is 0 Å². The van der Waals surface area contributed by atoms with E-state index in [4.69, 9.17) is 4.42 Å². The topological polar surface area (TPSA) is 25.2 Å². The largest absolute Gasteiger partial charge is 0.459 e. The number of halogens is 1. The Kier molecular flexibility index (Phi) is 5.45. The van der Waals surface area contributed by atoms with Crippen molar-refractivity contribution in [2.24, 2.45) is 0 Å². The minimum Gasteiger partial charge on any atom is -0.459 e. The van der Waals surface area contributed by atoms with Crippen LogP contribution in [0.1, 0.15) is 38.5 Å². The summed E-state index contributed by atoms with van der Waals surface area (Å²) in [5, 5.41) is 3.52. The van der Waals surface area contributed by atoms with E-state index in [2.05, 4.69) is 78.2 Å². The Morgan fingerprint density at radius 3 is 2.74 bits per heavy atom. The molecule has 0 spiro atoms. The molecule has 19 heavy (non-hydrogen) atoms. The van der Waals surface area contributed by atoms with Crippen LogP contribution in [0.5, 0.6) is 0 Å². The van der Waals surface area contributed by atoms with Gasteiger partial charge < -0.3 is 9.73 Å². The minimum absolute atomic E-state index is 0.316. The summed E-state index contributed by atoms with van der Waals surface area (Å²) in [4.78, 5) is 0. The Morgan fingerprint density at radius 1 is 1.21 bits per heavy atom. The third-order valence-corrected chi connectivity index (χ3v) is 3.80. The van der Waals surface area contributed by atoms with Crippen LogP contribution in [0.3, 0.4) is 0 Å². The van der Waals surface area contributed by atoms with E-state index in [-0.39, 0.29) is 0 Å². The number of furan rings is 1. The van der Waals surface area contributed by atoms with Gasteiger partial charge in [0, 0.05) is 9.13 Å². The normalized spacial score (nSPS) is 12.6. The highest BCUT2D eigenvalue weighted by Crippen LogP contribution is 2.27. The van der Waals surface area contributed by atoms with E-state index in [0.717, 1.165) is 36.5 Å². The van der Waals surface area contributed by atoms with Crippen LogP contribution in [-0.4, -0.2) is 6.54 Å². The Bertz CT molecular complexity index is 521. The number of rotatable bonds is 6. The van der Waals surface area contributed by atoms with Crippen LogP contribution >= 0.6 is 22.6 Å². The van der Waals surface area contributed by atoms with E-state index in [1.165, 1.54) is 3.57 Å². The molecule has 2 rings (SSSR count). The maximum absolute atomic E-state index is 6.01. The van der Waals surface area contributed by atoms with Crippen molar-refractivity contribution in [3.63, 3.8) is 0 Å². The molecule has 3 heteroatoms. The van der Waals surface area contributed by atoms with Gasteiger partial charge in [-0.15, -0.1) is 0 Å². The molecule has 0 bridgehead atoms. The lowest BCUT2D eigenvalue weighted by atomic mass is 10.1. The van der Waals surface area contributed by atoms with Gasteiger partial charge in [-0.1, -0.05) is 26.0 Å². The summed E-state index contributed by atoms with van der Waals surface area (Å²) in [5.41, 5.74) is 1.14. The maximum Gasteiger partial charge on any atom is 0.134 e. The van der Waals surface area contributed by atoms with E-state index in [1.54, 1.807) is 0 Å². The lowest BCUT2D eigenvalue weighted by molar-refractivity contribution is 0.411. The van der Waals surface area contributed by atoms with Crippen LogP contribution in [0.15, 0.2) is 40.8 Å². The van der Waals surface area contributed by atoms with Gasteiger partial charge in [-0.25, -0.2) is 0 Å². The van der Waals surface area contributed by atoms with Crippen molar-refractivity contribution in [1.29, 1.82) is 0 Å². The first-order valence-electron chi connectivity index (χ1n) is 6.83. The molecule has 102 valence electrons. The van der Waals surface area contributed by atoms with Crippen molar-refractivity contribution >= 4 is 22.6 Å². The standard InChI is InChI=1S/C16H20INO/c1-3-10-18-14(4-2)16-9-8-15(19-16)12-6-5-7-13(17)11-12/h5-9,11,14,18H,3-4,10H2,1-2H3. The smallest absolute Gasteiger partial charge is 0.134 e. The molecule has 0 fully saturated rings. The summed E-state index contributed by atoms with van der Waals surface area (Å²) >= 11 is 2.32.